The maximum atomic E-state index is 4.64. The predicted molar refractivity (Wildman–Crippen MR) is 84.8 cm³/mol. The third kappa shape index (κ3) is 1.92. The number of rotatable bonds is 2. The number of hydrogen-bond donors (Lipinski definition) is 1. The lowest BCUT2D eigenvalue weighted by atomic mass is 10.1. The molecule has 2 aromatic carbocycles. The van der Waals surface area contributed by atoms with Crippen LogP contribution >= 0.6 is 11.3 Å². The first kappa shape index (κ1) is 11.4. The van der Waals surface area contributed by atoms with Gasteiger partial charge in [0.05, 0.1) is 15.9 Å². The SMILES string of the molecule is c1ccc(-c2csc(-c3nc4ccccc4[nH]3)c2)cc1. The number of para-hydroxylation sites is 2. The number of benzene rings is 2. The fourth-order valence-corrected chi connectivity index (χ4v) is 3.17. The van der Waals surface area contributed by atoms with Crippen LogP contribution in [0.1, 0.15) is 0 Å². The summed E-state index contributed by atoms with van der Waals surface area (Å²) < 4.78 is 0. The number of aromatic amines is 1. The molecule has 0 unspecified atom stereocenters. The molecule has 0 atom stereocenters. The number of hydrogen-bond acceptors (Lipinski definition) is 2. The van der Waals surface area contributed by atoms with E-state index in [1.54, 1.807) is 11.3 Å². The molecule has 0 saturated carbocycles. The maximum absolute atomic E-state index is 4.64. The molecular formula is C17H12N2S. The van der Waals surface area contributed by atoms with E-state index < -0.39 is 0 Å². The second kappa shape index (κ2) is 4.62. The lowest BCUT2D eigenvalue weighted by Gasteiger charge is -1.94. The molecule has 0 aliphatic carbocycles. The van der Waals surface area contributed by atoms with Crippen LogP contribution in [0.25, 0.3) is 32.9 Å². The molecule has 2 heterocycles. The molecule has 0 bridgehead atoms. The Morgan fingerprint density at radius 2 is 1.65 bits per heavy atom. The van der Waals surface area contributed by atoms with E-state index in [4.69, 9.17) is 0 Å². The van der Waals surface area contributed by atoms with Crippen LogP contribution in [-0.2, 0) is 0 Å². The molecule has 3 heteroatoms. The highest BCUT2D eigenvalue weighted by atomic mass is 32.1. The molecule has 0 amide bonds. The Kier molecular flexibility index (Phi) is 2.64. The van der Waals surface area contributed by atoms with Crippen LogP contribution in [-0.4, -0.2) is 9.97 Å². The Morgan fingerprint density at radius 1 is 0.850 bits per heavy atom. The van der Waals surface area contributed by atoms with Crippen molar-refractivity contribution in [3.8, 4) is 21.8 Å². The largest absolute Gasteiger partial charge is 0.337 e. The number of H-pyrrole nitrogens is 1. The number of imidazole rings is 1. The Hall–Kier alpha value is -2.39. The van der Waals surface area contributed by atoms with Gasteiger partial charge in [-0.2, -0.15) is 0 Å². The van der Waals surface area contributed by atoms with Gasteiger partial charge < -0.3 is 4.98 Å². The third-order valence-corrected chi connectivity index (χ3v) is 4.27. The van der Waals surface area contributed by atoms with Gasteiger partial charge in [0.2, 0.25) is 0 Å². The first-order chi connectivity index (χ1) is 9.90. The van der Waals surface area contributed by atoms with E-state index in [2.05, 4.69) is 51.7 Å². The van der Waals surface area contributed by atoms with Gasteiger partial charge in [-0.05, 0) is 34.7 Å². The second-order valence-corrected chi connectivity index (χ2v) is 5.58. The smallest absolute Gasteiger partial charge is 0.148 e. The van der Waals surface area contributed by atoms with Gasteiger partial charge in [-0.3, -0.25) is 0 Å². The van der Waals surface area contributed by atoms with E-state index in [9.17, 15) is 0 Å². The Morgan fingerprint density at radius 3 is 2.50 bits per heavy atom. The van der Waals surface area contributed by atoms with Crippen LogP contribution < -0.4 is 0 Å². The van der Waals surface area contributed by atoms with Gasteiger partial charge in [-0.25, -0.2) is 4.98 Å². The molecule has 0 aliphatic rings. The lowest BCUT2D eigenvalue weighted by molar-refractivity contribution is 1.36. The van der Waals surface area contributed by atoms with Gasteiger partial charge in [0.25, 0.3) is 0 Å². The summed E-state index contributed by atoms with van der Waals surface area (Å²) in [5, 5.41) is 2.18. The number of aromatic nitrogens is 2. The lowest BCUT2D eigenvalue weighted by Crippen LogP contribution is -1.74. The summed E-state index contributed by atoms with van der Waals surface area (Å²) in [6.45, 7) is 0. The number of thiophene rings is 1. The number of nitrogens with zero attached hydrogens (tertiary/aromatic N) is 1. The van der Waals surface area contributed by atoms with Gasteiger partial charge in [0.15, 0.2) is 0 Å². The predicted octanol–water partition coefficient (Wildman–Crippen LogP) is 4.96. The van der Waals surface area contributed by atoms with Crippen molar-refractivity contribution < 1.29 is 0 Å². The van der Waals surface area contributed by atoms with Crippen LogP contribution in [0.15, 0.2) is 66.0 Å². The minimum Gasteiger partial charge on any atom is -0.337 e. The van der Waals surface area contributed by atoms with Crippen molar-refractivity contribution in [2.45, 2.75) is 0 Å². The highest BCUT2D eigenvalue weighted by Crippen LogP contribution is 2.31. The molecular weight excluding hydrogens is 264 g/mol. The van der Waals surface area contributed by atoms with Gasteiger partial charge in [-0.1, -0.05) is 42.5 Å². The molecule has 0 spiro atoms. The van der Waals surface area contributed by atoms with Crippen molar-refractivity contribution >= 4 is 22.4 Å². The highest BCUT2D eigenvalue weighted by Gasteiger charge is 2.08. The van der Waals surface area contributed by atoms with E-state index in [1.165, 1.54) is 16.0 Å². The number of fused-ring (bicyclic) bond motifs is 1. The van der Waals surface area contributed by atoms with Gasteiger partial charge in [0.1, 0.15) is 5.82 Å². The van der Waals surface area contributed by atoms with Crippen molar-refractivity contribution in [1.29, 1.82) is 0 Å². The zero-order valence-corrected chi connectivity index (χ0v) is 11.5. The highest BCUT2D eigenvalue weighted by molar-refractivity contribution is 7.13. The molecule has 4 aromatic rings. The molecule has 0 radical (unpaired) electrons. The minimum absolute atomic E-state index is 0.943. The topological polar surface area (TPSA) is 28.7 Å². The summed E-state index contributed by atoms with van der Waals surface area (Å²) in [6.07, 6.45) is 0. The van der Waals surface area contributed by atoms with E-state index >= 15 is 0 Å². The summed E-state index contributed by atoms with van der Waals surface area (Å²) in [4.78, 5) is 9.19. The maximum Gasteiger partial charge on any atom is 0.148 e. The van der Waals surface area contributed by atoms with Crippen molar-refractivity contribution in [3.63, 3.8) is 0 Å². The molecule has 0 fully saturated rings. The minimum atomic E-state index is 0.943. The van der Waals surface area contributed by atoms with E-state index in [0.717, 1.165) is 16.9 Å². The third-order valence-electron chi connectivity index (χ3n) is 3.33. The Labute approximate surface area is 120 Å². The van der Waals surface area contributed by atoms with Crippen molar-refractivity contribution in [2.24, 2.45) is 0 Å². The molecule has 20 heavy (non-hydrogen) atoms. The fourth-order valence-electron chi connectivity index (χ4n) is 2.31. The van der Waals surface area contributed by atoms with Crippen molar-refractivity contribution in [1.82, 2.24) is 9.97 Å². The van der Waals surface area contributed by atoms with Crippen molar-refractivity contribution in [2.75, 3.05) is 0 Å². The zero-order chi connectivity index (χ0) is 13.4. The average Bonchev–Trinajstić information content (AvgIpc) is 3.14. The quantitative estimate of drug-likeness (QED) is 0.551. The van der Waals surface area contributed by atoms with Gasteiger partial charge >= 0.3 is 0 Å². The summed E-state index contributed by atoms with van der Waals surface area (Å²) in [5.41, 5.74) is 4.58. The monoisotopic (exact) mass is 276 g/mol. The van der Waals surface area contributed by atoms with E-state index in [1.807, 2.05) is 24.3 Å². The Bertz CT molecular complexity index is 826. The number of nitrogens with one attached hydrogen (secondary N) is 1. The fraction of sp³-hybridized carbons (Fsp3) is 0. The average molecular weight is 276 g/mol. The van der Waals surface area contributed by atoms with E-state index in [0.29, 0.717) is 0 Å². The van der Waals surface area contributed by atoms with Gasteiger partial charge in [-0.15, -0.1) is 11.3 Å². The van der Waals surface area contributed by atoms with Gasteiger partial charge in [0, 0.05) is 0 Å². The molecule has 4 rings (SSSR count). The van der Waals surface area contributed by atoms with Crippen LogP contribution in [0.4, 0.5) is 0 Å². The van der Waals surface area contributed by atoms with Crippen LogP contribution in [0, 0.1) is 0 Å². The molecule has 96 valence electrons. The second-order valence-electron chi connectivity index (χ2n) is 4.67. The molecule has 0 aliphatic heterocycles. The summed E-state index contributed by atoms with van der Waals surface area (Å²) in [6, 6.07) is 20.7. The zero-order valence-electron chi connectivity index (χ0n) is 10.7. The molecule has 2 nitrogen and oxygen atoms in total. The Balaban J connectivity index is 1.78. The van der Waals surface area contributed by atoms with Crippen molar-refractivity contribution in [3.05, 3.63) is 66.0 Å². The molecule has 2 aromatic heterocycles. The van der Waals surface area contributed by atoms with Crippen LogP contribution in [0.3, 0.4) is 0 Å². The summed E-state index contributed by atoms with van der Waals surface area (Å²) >= 11 is 1.72. The summed E-state index contributed by atoms with van der Waals surface area (Å²) in [7, 11) is 0. The standard InChI is InChI=1S/C17H12N2S/c1-2-6-12(7-3-1)13-10-16(20-11-13)17-18-14-8-4-5-9-15(14)19-17/h1-11H,(H,18,19). The first-order valence-corrected chi connectivity index (χ1v) is 7.37. The van der Waals surface area contributed by atoms with E-state index in [-0.39, 0.29) is 0 Å². The van der Waals surface area contributed by atoms with Crippen LogP contribution in [0.2, 0.25) is 0 Å². The first-order valence-electron chi connectivity index (χ1n) is 6.49. The molecule has 1 N–H and O–H groups in total. The summed E-state index contributed by atoms with van der Waals surface area (Å²) in [5.74, 6) is 0.943. The normalized spacial score (nSPS) is 11.0. The molecule has 0 saturated heterocycles. The van der Waals surface area contributed by atoms with Crippen LogP contribution in [0.5, 0.6) is 0 Å².